The van der Waals surface area contributed by atoms with E-state index >= 15 is 0 Å². The zero-order chi connectivity index (χ0) is 16.0. The van der Waals surface area contributed by atoms with E-state index in [4.69, 9.17) is 0 Å². The largest absolute Gasteiger partial charge is 0.268 e. The number of aromatic nitrogens is 4. The quantitative estimate of drug-likeness (QED) is 0.674. The van der Waals surface area contributed by atoms with Gasteiger partial charge in [-0.25, -0.2) is 4.90 Å². The van der Waals surface area contributed by atoms with Crippen molar-refractivity contribution in [1.29, 1.82) is 0 Å². The third kappa shape index (κ3) is 2.02. The van der Waals surface area contributed by atoms with Gasteiger partial charge in [-0.05, 0) is 48.5 Å². The molecular weight excluding hydrogens is 294 g/mol. The van der Waals surface area contributed by atoms with E-state index in [2.05, 4.69) is 15.4 Å². The number of aryl methyl sites for hydroxylation is 1. The molecule has 1 aliphatic rings. The maximum Gasteiger partial charge on any atom is 0.266 e. The lowest BCUT2D eigenvalue weighted by atomic mass is 10.1. The van der Waals surface area contributed by atoms with Gasteiger partial charge in [-0.1, -0.05) is 12.1 Å². The average molecular weight is 305 g/mol. The van der Waals surface area contributed by atoms with Gasteiger partial charge < -0.3 is 0 Å². The Morgan fingerprint density at radius 1 is 0.826 bits per heavy atom. The highest BCUT2D eigenvalue weighted by molar-refractivity contribution is 6.34. The summed E-state index contributed by atoms with van der Waals surface area (Å²) in [5.41, 5.74) is 2.06. The van der Waals surface area contributed by atoms with Gasteiger partial charge in [-0.3, -0.25) is 9.59 Å². The first-order valence-electron chi connectivity index (χ1n) is 7.00. The topological polar surface area (TPSA) is 81.0 Å². The van der Waals surface area contributed by atoms with Crippen molar-refractivity contribution >= 4 is 17.5 Å². The van der Waals surface area contributed by atoms with Crippen LogP contribution >= 0.6 is 0 Å². The van der Waals surface area contributed by atoms with Crippen LogP contribution < -0.4 is 4.90 Å². The molecule has 2 heterocycles. The van der Waals surface area contributed by atoms with Crippen LogP contribution in [0.15, 0.2) is 48.5 Å². The van der Waals surface area contributed by atoms with E-state index < -0.39 is 0 Å². The lowest BCUT2D eigenvalue weighted by Gasteiger charge is -2.14. The van der Waals surface area contributed by atoms with Gasteiger partial charge in [0.25, 0.3) is 11.8 Å². The number of rotatable bonds is 2. The van der Waals surface area contributed by atoms with Crippen LogP contribution in [-0.2, 0) is 0 Å². The molecule has 7 heteroatoms. The average Bonchev–Trinajstić information content (AvgIpc) is 3.11. The van der Waals surface area contributed by atoms with Gasteiger partial charge in [0.05, 0.1) is 22.5 Å². The standard InChI is InChI=1S/C16H11N5O2/c1-10-17-19-21(18-10)12-8-6-11(7-9-12)20-15(22)13-4-2-3-5-14(13)16(20)23/h2-9H,1H3. The van der Waals surface area contributed by atoms with Crippen LogP contribution in [0.5, 0.6) is 0 Å². The molecule has 1 aliphatic heterocycles. The van der Waals surface area contributed by atoms with Gasteiger partial charge in [0.2, 0.25) is 0 Å². The van der Waals surface area contributed by atoms with Crippen LogP contribution in [0.4, 0.5) is 5.69 Å². The lowest BCUT2D eigenvalue weighted by molar-refractivity contribution is 0.0926. The number of imide groups is 1. The number of hydrogen-bond acceptors (Lipinski definition) is 5. The van der Waals surface area contributed by atoms with E-state index in [1.54, 1.807) is 55.5 Å². The Labute approximate surface area is 131 Å². The van der Waals surface area contributed by atoms with E-state index in [1.165, 1.54) is 9.70 Å². The van der Waals surface area contributed by atoms with E-state index in [9.17, 15) is 9.59 Å². The van der Waals surface area contributed by atoms with E-state index in [-0.39, 0.29) is 11.8 Å². The van der Waals surface area contributed by atoms with Crippen LogP contribution in [0.3, 0.4) is 0 Å². The first-order chi connectivity index (χ1) is 11.1. The van der Waals surface area contributed by atoms with Gasteiger partial charge in [0.15, 0.2) is 5.82 Å². The highest BCUT2D eigenvalue weighted by Gasteiger charge is 2.36. The summed E-state index contributed by atoms with van der Waals surface area (Å²) in [4.78, 5) is 27.4. The fourth-order valence-electron chi connectivity index (χ4n) is 2.55. The molecule has 0 radical (unpaired) electrons. The molecule has 2 aromatic carbocycles. The van der Waals surface area contributed by atoms with Crippen molar-refractivity contribution in [3.63, 3.8) is 0 Å². The SMILES string of the molecule is Cc1nnn(-c2ccc(N3C(=O)c4ccccc4C3=O)cc2)n1. The molecule has 0 unspecified atom stereocenters. The Balaban J connectivity index is 1.70. The van der Waals surface area contributed by atoms with Crippen molar-refractivity contribution in [1.82, 2.24) is 20.2 Å². The van der Waals surface area contributed by atoms with E-state index in [0.717, 1.165) is 0 Å². The Hall–Kier alpha value is -3.35. The molecule has 0 spiro atoms. The molecule has 0 atom stereocenters. The number of nitrogens with zero attached hydrogens (tertiary/aromatic N) is 5. The first kappa shape index (κ1) is 13.3. The summed E-state index contributed by atoms with van der Waals surface area (Å²) < 4.78 is 0. The summed E-state index contributed by atoms with van der Waals surface area (Å²) in [7, 11) is 0. The van der Waals surface area contributed by atoms with Crippen molar-refractivity contribution in [3.8, 4) is 5.69 Å². The van der Waals surface area contributed by atoms with Crippen molar-refractivity contribution < 1.29 is 9.59 Å². The first-order valence-corrected chi connectivity index (χ1v) is 7.00. The minimum atomic E-state index is -0.312. The van der Waals surface area contributed by atoms with E-state index in [0.29, 0.717) is 28.3 Å². The number of anilines is 1. The second kappa shape index (κ2) is 4.84. The van der Waals surface area contributed by atoms with Gasteiger partial charge in [0, 0.05) is 0 Å². The molecule has 0 N–H and O–H groups in total. The van der Waals surface area contributed by atoms with Crippen molar-refractivity contribution in [2.24, 2.45) is 0 Å². The van der Waals surface area contributed by atoms with E-state index in [1.807, 2.05) is 0 Å². The molecule has 2 amide bonds. The number of carbonyl (C=O) groups is 2. The minimum absolute atomic E-state index is 0.312. The monoisotopic (exact) mass is 305 g/mol. The number of amides is 2. The van der Waals surface area contributed by atoms with Crippen LogP contribution in [0, 0.1) is 6.92 Å². The molecule has 0 saturated heterocycles. The minimum Gasteiger partial charge on any atom is -0.268 e. The molecule has 0 aliphatic carbocycles. The molecule has 7 nitrogen and oxygen atoms in total. The van der Waals surface area contributed by atoms with Crippen LogP contribution in [0.1, 0.15) is 26.5 Å². The summed E-state index contributed by atoms with van der Waals surface area (Å²) in [6.07, 6.45) is 0. The highest BCUT2D eigenvalue weighted by atomic mass is 16.2. The maximum absolute atomic E-state index is 12.4. The lowest BCUT2D eigenvalue weighted by Crippen LogP contribution is -2.29. The van der Waals surface area contributed by atoms with Gasteiger partial charge in [-0.15, -0.1) is 15.0 Å². The summed E-state index contributed by atoms with van der Waals surface area (Å²) >= 11 is 0. The zero-order valence-corrected chi connectivity index (χ0v) is 12.2. The van der Waals surface area contributed by atoms with Crippen molar-refractivity contribution in [3.05, 3.63) is 65.5 Å². The third-order valence-electron chi connectivity index (χ3n) is 3.65. The summed E-state index contributed by atoms with van der Waals surface area (Å²) in [6, 6.07) is 13.7. The Morgan fingerprint density at radius 3 is 1.91 bits per heavy atom. The summed E-state index contributed by atoms with van der Waals surface area (Å²) in [6.45, 7) is 1.75. The number of benzene rings is 2. The smallest absolute Gasteiger partial charge is 0.266 e. The third-order valence-corrected chi connectivity index (χ3v) is 3.65. The Morgan fingerprint density at radius 2 is 1.39 bits per heavy atom. The van der Waals surface area contributed by atoms with Gasteiger partial charge in [-0.2, -0.15) is 0 Å². The molecule has 4 rings (SSSR count). The number of tetrazole rings is 1. The molecule has 3 aromatic rings. The van der Waals surface area contributed by atoms with Gasteiger partial charge in [0.1, 0.15) is 0 Å². The normalized spacial score (nSPS) is 13.5. The Kier molecular flexibility index (Phi) is 2.80. The number of fused-ring (bicyclic) bond motifs is 1. The molecule has 0 fully saturated rings. The molecule has 23 heavy (non-hydrogen) atoms. The molecule has 0 bridgehead atoms. The van der Waals surface area contributed by atoms with Crippen LogP contribution in [-0.4, -0.2) is 32.0 Å². The predicted octanol–water partition coefficient (Wildman–Crippen LogP) is 1.77. The van der Waals surface area contributed by atoms with Crippen molar-refractivity contribution in [2.45, 2.75) is 6.92 Å². The Bertz CT molecular complexity index is 895. The van der Waals surface area contributed by atoms with Crippen molar-refractivity contribution in [2.75, 3.05) is 4.90 Å². The zero-order valence-electron chi connectivity index (χ0n) is 12.2. The molecule has 1 aromatic heterocycles. The molecule has 112 valence electrons. The molecule has 0 saturated carbocycles. The number of hydrogen-bond donors (Lipinski definition) is 0. The molecular formula is C16H11N5O2. The van der Waals surface area contributed by atoms with Crippen LogP contribution in [0.2, 0.25) is 0 Å². The van der Waals surface area contributed by atoms with Crippen LogP contribution in [0.25, 0.3) is 5.69 Å². The summed E-state index contributed by atoms with van der Waals surface area (Å²) in [5.74, 6) is -0.0597. The van der Waals surface area contributed by atoms with Gasteiger partial charge >= 0.3 is 0 Å². The second-order valence-electron chi connectivity index (χ2n) is 5.13. The fourth-order valence-corrected chi connectivity index (χ4v) is 2.55. The fraction of sp³-hybridized carbons (Fsp3) is 0.0625. The number of carbonyl (C=O) groups excluding carboxylic acids is 2. The maximum atomic E-state index is 12.4. The summed E-state index contributed by atoms with van der Waals surface area (Å²) in [5, 5.41) is 11.8. The highest BCUT2D eigenvalue weighted by Crippen LogP contribution is 2.28. The second-order valence-corrected chi connectivity index (χ2v) is 5.13. The predicted molar refractivity (Wildman–Crippen MR) is 81.5 cm³/mol.